The summed E-state index contributed by atoms with van der Waals surface area (Å²) in [6, 6.07) is 28.1. The molecule has 3 aliphatic rings. The Morgan fingerprint density at radius 1 is 0.817 bits per heavy atom. The second kappa shape index (κ2) is 20.8. The van der Waals surface area contributed by atoms with Crippen LogP contribution in [0.1, 0.15) is 84.5 Å². The lowest BCUT2D eigenvalue weighted by Gasteiger charge is -2.39. The maximum absolute atomic E-state index is 14.5. The van der Waals surface area contributed by atoms with Crippen LogP contribution in [-0.4, -0.2) is 92.7 Å². The third kappa shape index (κ3) is 11.1. The number of carbonyl (C=O) groups excluding carboxylic acids is 3. The van der Waals surface area contributed by atoms with Crippen LogP contribution in [0, 0.1) is 0 Å². The van der Waals surface area contributed by atoms with Gasteiger partial charge in [-0.25, -0.2) is 4.79 Å². The average Bonchev–Trinajstić information content (AvgIpc) is 3.93. The molecule has 5 aromatic carbocycles. The van der Waals surface area contributed by atoms with Gasteiger partial charge in [0.2, 0.25) is 0 Å². The lowest BCUT2D eigenvalue weighted by Crippen LogP contribution is -2.51. The average molecular weight is 1000 g/mol. The summed E-state index contributed by atoms with van der Waals surface area (Å²) in [5, 5.41) is 3.19. The molecule has 0 saturated heterocycles. The number of aliphatic imine (C=N–C) groups is 1. The number of benzene rings is 5. The van der Waals surface area contributed by atoms with Crippen LogP contribution in [-0.2, 0) is 35.5 Å². The molecule has 0 radical (unpaired) electrons. The van der Waals surface area contributed by atoms with Gasteiger partial charge in [-0.15, -0.1) is 12.6 Å². The molecule has 3 aliphatic heterocycles. The lowest BCUT2D eigenvalue weighted by atomic mass is 10.1. The highest BCUT2D eigenvalue weighted by Gasteiger charge is 2.39. The fraction of sp³-hybridized carbons (Fsp3) is 0.382. The number of para-hydroxylation sites is 2. The molecule has 1 N–H and O–H groups in total. The quantitative estimate of drug-likeness (QED) is 0.0679. The van der Waals surface area contributed by atoms with Gasteiger partial charge < -0.3 is 38.6 Å². The van der Waals surface area contributed by atoms with Crippen LogP contribution in [0.2, 0.25) is 0 Å². The van der Waals surface area contributed by atoms with Gasteiger partial charge in [-0.2, -0.15) is 11.8 Å². The van der Waals surface area contributed by atoms with Crippen molar-refractivity contribution in [1.29, 1.82) is 0 Å². The molecule has 0 fully saturated rings. The number of nitrogens with one attached hydrogen (secondary N) is 1. The molecule has 3 heterocycles. The van der Waals surface area contributed by atoms with Crippen LogP contribution in [0.4, 0.5) is 33.2 Å². The van der Waals surface area contributed by atoms with E-state index in [1.807, 2.05) is 121 Å². The highest BCUT2D eigenvalue weighted by atomic mass is 32.2. The van der Waals surface area contributed by atoms with Crippen molar-refractivity contribution < 1.29 is 42.8 Å². The van der Waals surface area contributed by atoms with Crippen molar-refractivity contribution in [1.82, 2.24) is 0 Å². The van der Waals surface area contributed by atoms with Gasteiger partial charge in [0.25, 0.3) is 11.8 Å². The zero-order valence-corrected chi connectivity index (χ0v) is 43.8. The molecular weight excluding hydrogens is 939 g/mol. The van der Waals surface area contributed by atoms with E-state index < -0.39 is 16.6 Å². The van der Waals surface area contributed by atoms with E-state index in [0.29, 0.717) is 75.3 Å². The Balaban J connectivity index is 1.14. The number of methoxy groups -OCH3 is 2. The molecule has 0 bridgehead atoms. The Morgan fingerprint density at radius 2 is 1.45 bits per heavy atom. The van der Waals surface area contributed by atoms with E-state index in [-0.39, 0.29) is 49.0 Å². The number of fused-ring (bicyclic) bond motifs is 5. The Bertz CT molecular complexity index is 2860. The fourth-order valence-corrected chi connectivity index (χ4v) is 9.26. The minimum Gasteiger partial charge on any atom is -0.493 e. The molecule has 0 saturated carbocycles. The monoisotopic (exact) mass is 1000 g/mol. The molecule has 16 heteroatoms. The number of thioether (sulfide) groups is 1. The van der Waals surface area contributed by atoms with E-state index in [9.17, 15) is 14.4 Å². The first-order valence-electron chi connectivity index (χ1n) is 23.6. The van der Waals surface area contributed by atoms with Gasteiger partial charge in [0.1, 0.15) is 24.7 Å². The van der Waals surface area contributed by atoms with E-state index in [1.54, 1.807) is 52.9 Å². The van der Waals surface area contributed by atoms with Gasteiger partial charge in [-0.05, 0) is 119 Å². The maximum atomic E-state index is 14.5. The van der Waals surface area contributed by atoms with Gasteiger partial charge in [0, 0.05) is 60.2 Å². The number of hydrogen-bond acceptors (Lipinski definition) is 13. The number of hydrogen-bond donors (Lipinski definition) is 2. The number of thiol groups is 1. The van der Waals surface area contributed by atoms with Gasteiger partial charge in [-0.3, -0.25) is 24.4 Å². The van der Waals surface area contributed by atoms with Crippen LogP contribution < -0.4 is 39.0 Å². The van der Waals surface area contributed by atoms with Crippen molar-refractivity contribution in [3.63, 3.8) is 0 Å². The van der Waals surface area contributed by atoms with E-state index in [1.165, 1.54) is 19.1 Å². The first-order valence-corrected chi connectivity index (χ1v) is 25.2. The van der Waals surface area contributed by atoms with Gasteiger partial charge in [0.05, 0.1) is 55.0 Å². The second-order valence-corrected chi connectivity index (χ2v) is 22.0. The zero-order valence-electron chi connectivity index (χ0n) is 42.1. The standard InChI is InChI=1S/C55H63N5O9S2/c1-53(2,3)69-33-55(6,70)60(52(63)68-32-54(4,5)71-10)38-22-34(30-66-48-27-42(56-7)40(25-46(48)64-8)50(61)58-20-19-36-15-11-13-17-44(36)58)21-35(23-38)31-67-49-28-43-41(26-47(49)65-9)51(62)59-39(29-57-43)24-37-16-12-14-18-45(37)59/h11-18,21-23,25-29,39,56,70H,19-20,24,30-33H2,1-10H3. The summed E-state index contributed by atoms with van der Waals surface area (Å²) in [4.78, 5) is 51.4. The van der Waals surface area contributed by atoms with Crippen LogP contribution in [0.5, 0.6) is 23.0 Å². The number of carbonyl (C=O) groups is 3. The van der Waals surface area contributed by atoms with Crippen molar-refractivity contribution in [2.75, 3.05) is 67.3 Å². The second-order valence-electron chi connectivity index (χ2n) is 19.6. The lowest BCUT2D eigenvalue weighted by molar-refractivity contribution is -0.0134. The molecule has 14 nitrogen and oxygen atoms in total. The number of anilines is 4. The molecule has 2 unspecified atom stereocenters. The predicted octanol–water partition coefficient (Wildman–Crippen LogP) is 10.9. The third-order valence-corrected chi connectivity index (χ3v) is 14.2. The van der Waals surface area contributed by atoms with E-state index in [4.69, 9.17) is 46.0 Å². The molecule has 0 spiro atoms. The largest absolute Gasteiger partial charge is 0.493 e. The minimum absolute atomic E-state index is 0.00358. The van der Waals surface area contributed by atoms with E-state index in [0.717, 1.165) is 28.9 Å². The van der Waals surface area contributed by atoms with Gasteiger partial charge in [0.15, 0.2) is 23.0 Å². The van der Waals surface area contributed by atoms with E-state index >= 15 is 0 Å². The Kier molecular flexibility index (Phi) is 14.9. The summed E-state index contributed by atoms with van der Waals surface area (Å²) in [5.41, 5.74) is 7.06. The minimum atomic E-state index is -1.21. The first-order chi connectivity index (χ1) is 33.8. The molecule has 71 heavy (non-hydrogen) atoms. The van der Waals surface area contributed by atoms with Crippen molar-refractivity contribution in [2.45, 2.75) is 88.9 Å². The van der Waals surface area contributed by atoms with Crippen LogP contribution in [0.25, 0.3) is 0 Å². The van der Waals surface area contributed by atoms with Crippen molar-refractivity contribution >= 4 is 76.9 Å². The number of rotatable bonds is 17. The molecule has 2 atom stereocenters. The number of ether oxygens (including phenoxy) is 6. The highest BCUT2D eigenvalue weighted by Crippen LogP contribution is 2.43. The maximum Gasteiger partial charge on any atom is 0.415 e. The summed E-state index contributed by atoms with van der Waals surface area (Å²) in [6.07, 6.45) is 4.60. The number of amides is 3. The Hall–Kier alpha value is -6.36. The number of nitrogens with zero attached hydrogens (tertiary/aromatic N) is 4. The summed E-state index contributed by atoms with van der Waals surface area (Å²) >= 11 is 6.68. The molecule has 374 valence electrons. The van der Waals surface area contributed by atoms with Crippen LogP contribution in [0.15, 0.2) is 96.0 Å². The topological polar surface area (TPSA) is 141 Å². The SMILES string of the molecule is CNc1cc(OCc2cc(COc3cc4c(cc3OC)C(=O)N3c5ccccc5CC3C=N4)cc(N(C(=O)OCC(C)(C)SC)C(C)(S)COC(C)(C)C)c2)c(OC)cc1C(=O)N1CCc2ccccc21. The zero-order chi connectivity index (χ0) is 50.8. The molecule has 0 aromatic heterocycles. The molecular formula is C55H63N5O9S2. The van der Waals surface area contributed by atoms with Crippen LogP contribution in [0.3, 0.4) is 0 Å². The van der Waals surface area contributed by atoms with Crippen molar-refractivity contribution in [3.8, 4) is 23.0 Å². The highest BCUT2D eigenvalue weighted by molar-refractivity contribution is 7.99. The van der Waals surface area contributed by atoms with Crippen LogP contribution >= 0.6 is 24.4 Å². The Labute approximate surface area is 426 Å². The summed E-state index contributed by atoms with van der Waals surface area (Å²) in [5.74, 6) is 1.14. The molecule has 8 rings (SSSR count). The molecule has 5 aromatic rings. The van der Waals surface area contributed by atoms with E-state index in [2.05, 4.69) is 5.32 Å². The summed E-state index contributed by atoms with van der Waals surface area (Å²) in [7, 11) is 4.82. The molecule has 0 aliphatic carbocycles. The fourth-order valence-electron chi connectivity index (χ4n) is 8.82. The predicted molar refractivity (Wildman–Crippen MR) is 286 cm³/mol. The summed E-state index contributed by atoms with van der Waals surface area (Å²) < 4.78 is 36.8. The third-order valence-electron chi connectivity index (χ3n) is 12.7. The first kappa shape index (κ1) is 51.0. The van der Waals surface area contributed by atoms with Gasteiger partial charge in [-0.1, -0.05) is 36.4 Å². The van der Waals surface area contributed by atoms with Crippen molar-refractivity contribution in [3.05, 3.63) is 124 Å². The smallest absolute Gasteiger partial charge is 0.415 e. The normalized spacial score (nSPS) is 15.7. The summed E-state index contributed by atoms with van der Waals surface area (Å²) in [6.45, 7) is 12.4. The molecule has 3 amide bonds. The Morgan fingerprint density at radius 3 is 2.10 bits per heavy atom. The van der Waals surface area contributed by atoms with Crippen molar-refractivity contribution in [2.24, 2.45) is 4.99 Å². The van der Waals surface area contributed by atoms with Gasteiger partial charge >= 0.3 is 6.09 Å².